The Bertz CT molecular complexity index is 1220. The van der Waals surface area contributed by atoms with Crippen LogP contribution in [0.5, 0.6) is 0 Å². The SMILES string of the molecule is C=CCn1c(SCC(=O)Nc2cc(Cl)ccc2C)nnc1[C@H](NC(=O)c1cccc(C)c1)C(C)C. The molecule has 2 N–H and O–H groups in total. The van der Waals surface area contributed by atoms with Crippen molar-refractivity contribution in [2.24, 2.45) is 5.92 Å². The molecule has 1 atom stereocenters. The van der Waals surface area contributed by atoms with Gasteiger partial charge in [-0.1, -0.05) is 67.0 Å². The van der Waals surface area contributed by atoms with Crippen molar-refractivity contribution in [2.75, 3.05) is 11.1 Å². The van der Waals surface area contributed by atoms with E-state index in [4.69, 9.17) is 11.6 Å². The fraction of sp³-hybridized carbons (Fsp3) is 0.308. The van der Waals surface area contributed by atoms with Crippen molar-refractivity contribution in [2.45, 2.75) is 45.4 Å². The average molecular weight is 512 g/mol. The van der Waals surface area contributed by atoms with E-state index in [0.717, 1.165) is 11.1 Å². The number of hydrogen-bond donors (Lipinski definition) is 2. The molecule has 184 valence electrons. The van der Waals surface area contributed by atoms with Crippen LogP contribution in [-0.4, -0.2) is 32.3 Å². The number of rotatable bonds is 10. The first kappa shape index (κ1) is 26.5. The van der Waals surface area contributed by atoms with Gasteiger partial charge in [0.05, 0.1) is 11.8 Å². The molecule has 1 aromatic heterocycles. The van der Waals surface area contributed by atoms with Crippen molar-refractivity contribution in [1.29, 1.82) is 0 Å². The van der Waals surface area contributed by atoms with Gasteiger partial charge < -0.3 is 15.2 Å². The third kappa shape index (κ3) is 6.96. The summed E-state index contributed by atoms with van der Waals surface area (Å²) in [6.07, 6.45) is 1.74. The number of halogens is 1. The number of anilines is 1. The van der Waals surface area contributed by atoms with Crippen LogP contribution in [0.15, 0.2) is 60.3 Å². The molecule has 0 aliphatic heterocycles. The van der Waals surface area contributed by atoms with Gasteiger partial charge >= 0.3 is 0 Å². The standard InChI is InChI=1S/C26H30ClN5O2S/c1-6-12-32-24(23(16(2)3)29-25(34)19-9-7-8-17(4)13-19)30-31-26(32)35-15-22(33)28-21-14-20(27)11-10-18(21)5/h6-11,13-14,16,23H,1,12,15H2,2-5H3,(H,28,33)(H,29,34)/t23-/m1/s1. The van der Waals surface area contributed by atoms with Crippen LogP contribution < -0.4 is 10.6 Å². The lowest BCUT2D eigenvalue weighted by Crippen LogP contribution is -2.34. The average Bonchev–Trinajstić information content (AvgIpc) is 3.20. The van der Waals surface area contributed by atoms with E-state index >= 15 is 0 Å². The topological polar surface area (TPSA) is 88.9 Å². The van der Waals surface area contributed by atoms with Crippen LogP contribution >= 0.6 is 23.4 Å². The Kier molecular flexibility index (Phi) is 9.12. The summed E-state index contributed by atoms with van der Waals surface area (Å²) < 4.78 is 1.89. The van der Waals surface area contributed by atoms with Gasteiger partial charge in [-0.3, -0.25) is 9.59 Å². The van der Waals surface area contributed by atoms with Crippen molar-refractivity contribution >= 4 is 40.9 Å². The molecule has 0 saturated carbocycles. The molecule has 0 aliphatic carbocycles. The number of amides is 2. The third-order valence-corrected chi connectivity index (χ3v) is 6.58. The number of nitrogens with zero attached hydrogens (tertiary/aromatic N) is 3. The summed E-state index contributed by atoms with van der Waals surface area (Å²) >= 11 is 7.33. The molecule has 0 unspecified atom stereocenters. The maximum absolute atomic E-state index is 12.9. The second-order valence-electron chi connectivity index (χ2n) is 8.60. The fourth-order valence-electron chi connectivity index (χ4n) is 3.52. The number of hydrogen-bond acceptors (Lipinski definition) is 5. The molecule has 35 heavy (non-hydrogen) atoms. The lowest BCUT2D eigenvalue weighted by molar-refractivity contribution is -0.113. The van der Waals surface area contributed by atoms with E-state index in [0.29, 0.717) is 33.8 Å². The molecule has 7 nitrogen and oxygen atoms in total. The van der Waals surface area contributed by atoms with E-state index in [-0.39, 0.29) is 29.5 Å². The molecule has 3 rings (SSSR count). The summed E-state index contributed by atoms with van der Waals surface area (Å²) in [6.45, 7) is 12.2. The zero-order valence-corrected chi connectivity index (χ0v) is 21.9. The molecule has 0 saturated heterocycles. The number of carbonyl (C=O) groups excluding carboxylic acids is 2. The molecule has 3 aromatic rings. The van der Waals surface area contributed by atoms with Crippen LogP contribution in [0.4, 0.5) is 5.69 Å². The minimum atomic E-state index is -0.368. The highest BCUT2D eigenvalue weighted by Gasteiger charge is 2.26. The summed E-state index contributed by atoms with van der Waals surface area (Å²) in [5.41, 5.74) is 3.20. The fourth-order valence-corrected chi connectivity index (χ4v) is 4.45. The summed E-state index contributed by atoms with van der Waals surface area (Å²) in [5.74, 6) is 0.468. The quantitative estimate of drug-likeness (QED) is 0.273. The number of aromatic nitrogens is 3. The van der Waals surface area contributed by atoms with Crippen LogP contribution in [0.2, 0.25) is 5.02 Å². The lowest BCUT2D eigenvalue weighted by Gasteiger charge is -2.22. The number of allylic oxidation sites excluding steroid dienone is 1. The molecule has 2 amide bonds. The van der Waals surface area contributed by atoms with Crippen molar-refractivity contribution < 1.29 is 9.59 Å². The van der Waals surface area contributed by atoms with Gasteiger partial charge in [0.25, 0.3) is 5.91 Å². The van der Waals surface area contributed by atoms with Gasteiger partial charge in [-0.25, -0.2) is 0 Å². The monoisotopic (exact) mass is 511 g/mol. The predicted molar refractivity (Wildman–Crippen MR) is 142 cm³/mol. The summed E-state index contributed by atoms with van der Waals surface area (Å²) in [7, 11) is 0. The molecule has 1 heterocycles. The van der Waals surface area contributed by atoms with Crippen molar-refractivity contribution in [3.8, 4) is 0 Å². The normalized spacial score (nSPS) is 11.8. The van der Waals surface area contributed by atoms with E-state index in [1.807, 2.05) is 56.5 Å². The van der Waals surface area contributed by atoms with Crippen molar-refractivity contribution in [3.05, 3.63) is 82.7 Å². The lowest BCUT2D eigenvalue weighted by atomic mass is 10.0. The Hall–Kier alpha value is -3.10. The van der Waals surface area contributed by atoms with Crippen LogP contribution in [0.3, 0.4) is 0 Å². The first-order chi connectivity index (χ1) is 16.7. The minimum absolute atomic E-state index is 0.0588. The van der Waals surface area contributed by atoms with E-state index in [9.17, 15) is 9.59 Å². The predicted octanol–water partition coefficient (Wildman–Crippen LogP) is 5.59. The van der Waals surface area contributed by atoms with E-state index in [1.54, 1.807) is 24.3 Å². The smallest absolute Gasteiger partial charge is 0.251 e. The Balaban J connectivity index is 1.76. The van der Waals surface area contributed by atoms with E-state index < -0.39 is 0 Å². The van der Waals surface area contributed by atoms with Crippen molar-refractivity contribution in [3.63, 3.8) is 0 Å². The maximum Gasteiger partial charge on any atom is 0.251 e. The van der Waals surface area contributed by atoms with Gasteiger partial charge in [-0.2, -0.15) is 0 Å². The highest BCUT2D eigenvalue weighted by atomic mass is 35.5. The molecule has 0 spiro atoms. The van der Waals surface area contributed by atoms with Gasteiger partial charge in [0, 0.05) is 22.8 Å². The summed E-state index contributed by atoms with van der Waals surface area (Å²) in [6, 6.07) is 12.4. The number of aryl methyl sites for hydroxylation is 2. The highest BCUT2D eigenvalue weighted by molar-refractivity contribution is 7.99. The number of benzene rings is 2. The minimum Gasteiger partial charge on any atom is -0.342 e. The van der Waals surface area contributed by atoms with Crippen LogP contribution in [0, 0.1) is 19.8 Å². The van der Waals surface area contributed by atoms with Crippen molar-refractivity contribution in [1.82, 2.24) is 20.1 Å². The van der Waals surface area contributed by atoms with Gasteiger partial charge in [-0.15, -0.1) is 16.8 Å². The first-order valence-electron chi connectivity index (χ1n) is 11.3. The summed E-state index contributed by atoms with van der Waals surface area (Å²) in [4.78, 5) is 25.5. The van der Waals surface area contributed by atoms with Gasteiger partial charge in [0.1, 0.15) is 0 Å². The van der Waals surface area contributed by atoms with E-state index in [2.05, 4.69) is 27.4 Å². The Morgan fingerprint density at radius 2 is 1.94 bits per heavy atom. The van der Waals surface area contributed by atoms with Crippen LogP contribution in [0.1, 0.15) is 47.2 Å². The van der Waals surface area contributed by atoms with Crippen LogP contribution in [0.25, 0.3) is 0 Å². The Morgan fingerprint density at radius 3 is 2.63 bits per heavy atom. The number of carbonyl (C=O) groups is 2. The maximum atomic E-state index is 12.9. The number of thioether (sulfide) groups is 1. The molecule has 0 bridgehead atoms. The van der Waals surface area contributed by atoms with Gasteiger partial charge in [0.2, 0.25) is 5.91 Å². The largest absolute Gasteiger partial charge is 0.342 e. The van der Waals surface area contributed by atoms with Gasteiger partial charge in [-0.05, 0) is 49.6 Å². The zero-order valence-electron chi connectivity index (χ0n) is 20.3. The molecule has 0 fully saturated rings. The molecule has 0 radical (unpaired) electrons. The summed E-state index contributed by atoms with van der Waals surface area (Å²) in [5, 5.41) is 15.8. The van der Waals surface area contributed by atoms with Crippen LogP contribution in [-0.2, 0) is 11.3 Å². The zero-order chi connectivity index (χ0) is 25.5. The molecule has 9 heteroatoms. The molecular formula is C26H30ClN5O2S. The number of nitrogens with one attached hydrogen (secondary N) is 2. The highest BCUT2D eigenvalue weighted by Crippen LogP contribution is 2.26. The molecule has 0 aliphatic rings. The second-order valence-corrected chi connectivity index (χ2v) is 9.98. The first-order valence-corrected chi connectivity index (χ1v) is 12.7. The Labute approximate surface area is 215 Å². The third-order valence-electron chi connectivity index (χ3n) is 5.37. The van der Waals surface area contributed by atoms with Gasteiger partial charge in [0.15, 0.2) is 11.0 Å². The van der Waals surface area contributed by atoms with E-state index in [1.165, 1.54) is 11.8 Å². The Morgan fingerprint density at radius 1 is 1.17 bits per heavy atom. The molecule has 2 aromatic carbocycles. The second kappa shape index (κ2) is 12.0. The molecular weight excluding hydrogens is 482 g/mol.